The van der Waals surface area contributed by atoms with Crippen LogP contribution in [0.2, 0.25) is 0 Å². The molecule has 3 nitrogen and oxygen atoms in total. The Morgan fingerprint density at radius 3 is 2.95 bits per heavy atom. The van der Waals surface area contributed by atoms with E-state index < -0.39 is 0 Å². The summed E-state index contributed by atoms with van der Waals surface area (Å²) in [6.07, 6.45) is 3.99. The van der Waals surface area contributed by atoms with Gasteiger partial charge < -0.3 is 9.84 Å². The second-order valence-corrected chi connectivity index (χ2v) is 5.68. The predicted octanol–water partition coefficient (Wildman–Crippen LogP) is 3.47. The molecule has 0 aliphatic heterocycles. The number of hydrogen-bond donors (Lipinski definition) is 1. The van der Waals surface area contributed by atoms with Gasteiger partial charge >= 0.3 is 0 Å². The van der Waals surface area contributed by atoms with Gasteiger partial charge in [-0.05, 0) is 44.2 Å². The first kappa shape index (κ1) is 13.4. The fraction of sp³-hybridized carbons (Fsp3) is 0.471. The van der Waals surface area contributed by atoms with Gasteiger partial charge in [-0.15, -0.1) is 0 Å². The number of hydrogen-bond acceptors (Lipinski definition) is 3. The minimum Gasteiger partial charge on any atom is -0.491 e. The highest BCUT2D eigenvalue weighted by Crippen LogP contribution is 2.29. The highest BCUT2D eigenvalue weighted by Gasteiger charge is 2.24. The van der Waals surface area contributed by atoms with Gasteiger partial charge in [0.25, 0.3) is 0 Å². The lowest BCUT2D eigenvalue weighted by atomic mass is 10.0. The van der Waals surface area contributed by atoms with Crippen molar-refractivity contribution in [3.8, 4) is 5.75 Å². The third-order valence-electron chi connectivity index (χ3n) is 4.19. The van der Waals surface area contributed by atoms with Gasteiger partial charge in [0, 0.05) is 11.1 Å². The molecular formula is C17H21NO2. The average molecular weight is 271 g/mol. The van der Waals surface area contributed by atoms with Crippen LogP contribution < -0.4 is 4.74 Å². The zero-order valence-electron chi connectivity index (χ0n) is 11.9. The predicted molar refractivity (Wildman–Crippen MR) is 79.9 cm³/mol. The third kappa shape index (κ3) is 2.78. The summed E-state index contributed by atoms with van der Waals surface area (Å²) in [7, 11) is 0. The zero-order valence-corrected chi connectivity index (χ0v) is 11.9. The van der Waals surface area contributed by atoms with E-state index in [2.05, 4.69) is 17.1 Å². The Hall–Kier alpha value is -1.61. The fourth-order valence-electron chi connectivity index (χ4n) is 3.01. The van der Waals surface area contributed by atoms with Crippen LogP contribution in [-0.4, -0.2) is 22.8 Å². The minimum absolute atomic E-state index is 0.133. The molecule has 2 aromatic rings. The number of rotatable bonds is 4. The molecule has 1 aliphatic carbocycles. The smallest absolute Gasteiger partial charge is 0.145 e. The Kier molecular flexibility index (Phi) is 3.88. The molecule has 1 aromatic carbocycles. The number of fused-ring (bicyclic) bond motifs is 1. The van der Waals surface area contributed by atoms with Gasteiger partial charge in [-0.1, -0.05) is 24.6 Å². The van der Waals surface area contributed by atoms with Gasteiger partial charge in [-0.3, -0.25) is 0 Å². The van der Waals surface area contributed by atoms with Crippen LogP contribution in [0.15, 0.2) is 30.3 Å². The fourth-order valence-corrected chi connectivity index (χ4v) is 3.01. The van der Waals surface area contributed by atoms with Crippen molar-refractivity contribution in [2.24, 2.45) is 5.92 Å². The number of aryl methyl sites for hydroxylation is 1. The largest absolute Gasteiger partial charge is 0.491 e. The molecule has 0 spiro atoms. The summed E-state index contributed by atoms with van der Waals surface area (Å²) in [5.41, 5.74) is 1.93. The van der Waals surface area contributed by atoms with Gasteiger partial charge in [0.2, 0.25) is 0 Å². The number of nitrogens with zero attached hydrogens (tertiary/aromatic N) is 1. The Labute approximate surface area is 119 Å². The van der Waals surface area contributed by atoms with Crippen molar-refractivity contribution in [1.29, 1.82) is 0 Å². The molecule has 2 unspecified atom stereocenters. The van der Waals surface area contributed by atoms with Gasteiger partial charge in [-0.25, -0.2) is 4.98 Å². The normalized spacial score (nSPS) is 22.3. The Bertz CT molecular complexity index is 597. The van der Waals surface area contributed by atoms with E-state index in [1.54, 1.807) is 0 Å². The molecule has 1 aromatic heterocycles. The summed E-state index contributed by atoms with van der Waals surface area (Å²) in [5.74, 6) is 1.25. The molecule has 0 amide bonds. The zero-order chi connectivity index (χ0) is 13.9. The van der Waals surface area contributed by atoms with Crippen LogP contribution >= 0.6 is 0 Å². The van der Waals surface area contributed by atoms with Crippen molar-refractivity contribution >= 4 is 10.9 Å². The molecule has 1 N–H and O–H groups in total. The minimum atomic E-state index is -0.133. The summed E-state index contributed by atoms with van der Waals surface area (Å²) in [5, 5.41) is 10.9. The monoisotopic (exact) mass is 271 g/mol. The van der Waals surface area contributed by atoms with Crippen LogP contribution in [0.4, 0.5) is 0 Å². The van der Waals surface area contributed by atoms with Crippen molar-refractivity contribution < 1.29 is 9.84 Å². The van der Waals surface area contributed by atoms with E-state index in [0.29, 0.717) is 12.5 Å². The number of para-hydroxylation sites is 1. The highest BCUT2D eigenvalue weighted by molar-refractivity contribution is 5.84. The Morgan fingerprint density at radius 1 is 1.25 bits per heavy atom. The summed E-state index contributed by atoms with van der Waals surface area (Å²) in [6.45, 7) is 2.64. The molecule has 3 rings (SSSR count). The topological polar surface area (TPSA) is 42.4 Å². The van der Waals surface area contributed by atoms with Crippen molar-refractivity contribution in [3.05, 3.63) is 36.0 Å². The van der Waals surface area contributed by atoms with Crippen LogP contribution in [0.1, 0.15) is 31.4 Å². The molecular weight excluding hydrogens is 250 g/mol. The number of aromatic nitrogens is 1. The molecule has 106 valence electrons. The van der Waals surface area contributed by atoms with Crippen LogP contribution in [0.3, 0.4) is 0 Å². The molecule has 20 heavy (non-hydrogen) atoms. The first-order chi connectivity index (χ1) is 9.74. The first-order valence-corrected chi connectivity index (χ1v) is 7.41. The van der Waals surface area contributed by atoms with Gasteiger partial charge in [0.15, 0.2) is 0 Å². The number of benzene rings is 1. The third-order valence-corrected chi connectivity index (χ3v) is 4.19. The number of aliphatic hydroxyl groups is 1. The van der Waals surface area contributed by atoms with Crippen LogP contribution in [-0.2, 0) is 0 Å². The van der Waals surface area contributed by atoms with E-state index in [4.69, 9.17) is 4.74 Å². The molecule has 1 fully saturated rings. The highest BCUT2D eigenvalue weighted by atomic mass is 16.5. The lowest BCUT2D eigenvalue weighted by molar-refractivity contribution is 0.117. The quantitative estimate of drug-likeness (QED) is 0.925. The number of pyridine rings is 1. The van der Waals surface area contributed by atoms with E-state index in [1.165, 1.54) is 0 Å². The lowest BCUT2D eigenvalue weighted by Crippen LogP contribution is -2.16. The Balaban J connectivity index is 1.69. The maximum Gasteiger partial charge on any atom is 0.145 e. The van der Waals surface area contributed by atoms with Crippen molar-refractivity contribution in [1.82, 2.24) is 4.98 Å². The van der Waals surface area contributed by atoms with Crippen LogP contribution in [0, 0.1) is 12.8 Å². The molecule has 0 radical (unpaired) electrons. The van der Waals surface area contributed by atoms with Gasteiger partial charge in [-0.2, -0.15) is 0 Å². The molecule has 1 saturated carbocycles. The van der Waals surface area contributed by atoms with E-state index in [-0.39, 0.29) is 6.10 Å². The summed E-state index contributed by atoms with van der Waals surface area (Å²) in [6, 6.07) is 10.1. The van der Waals surface area contributed by atoms with E-state index >= 15 is 0 Å². The van der Waals surface area contributed by atoms with Crippen molar-refractivity contribution in [3.63, 3.8) is 0 Å². The van der Waals surface area contributed by atoms with Gasteiger partial charge in [0.1, 0.15) is 11.3 Å². The Morgan fingerprint density at radius 2 is 2.15 bits per heavy atom. The summed E-state index contributed by atoms with van der Waals surface area (Å²) in [4.78, 5) is 4.57. The molecule has 3 heteroatoms. The van der Waals surface area contributed by atoms with E-state index in [0.717, 1.165) is 48.0 Å². The number of aliphatic hydroxyl groups excluding tert-OH is 1. The van der Waals surface area contributed by atoms with Crippen LogP contribution in [0.25, 0.3) is 10.9 Å². The molecule has 1 aliphatic rings. The van der Waals surface area contributed by atoms with Crippen molar-refractivity contribution in [2.75, 3.05) is 6.61 Å². The van der Waals surface area contributed by atoms with E-state index in [1.807, 2.05) is 25.1 Å². The molecule has 2 atom stereocenters. The summed E-state index contributed by atoms with van der Waals surface area (Å²) >= 11 is 0. The second-order valence-electron chi connectivity index (χ2n) is 5.68. The SMILES string of the molecule is Cc1ccc2cccc(OCCC3CCCC3O)c2n1. The lowest BCUT2D eigenvalue weighted by Gasteiger charge is -2.15. The molecule has 0 saturated heterocycles. The maximum atomic E-state index is 9.83. The molecule has 0 bridgehead atoms. The van der Waals surface area contributed by atoms with E-state index in [9.17, 15) is 5.11 Å². The maximum absolute atomic E-state index is 9.83. The summed E-state index contributed by atoms with van der Waals surface area (Å²) < 4.78 is 5.91. The van der Waals surface area contributed by atoms with Gasteiger partial charge in [0.05, 0.1) is 12.7 Å². The second kappa shape index (κ2) is 5.80. The number of ether oxygens (including phenoxy) is 1. The standard InChI is InChI=1S/C17H21NO2/c1-12-8-9-14-5-3-7-16(17(14)18-12)20-11-10-13-4-2-6-15(13)19/h3,5,7-9,13,15,19H,2,4,6,10-11H2,1H3. The molecule has 1 heterocycles. The van der Waals surface area contributed by atoms with Crippen LogP contribution in [0.5, 0.6) is 5.75 Å². The average Bonchev–Trinajstić information content (AvgIpc) is 2.85. The van der Waals surface area contributed by atoms with Crippen molar-refractivity contribution in [2.45, 2.75) is 38.7 Å². The first-order valence-electron chi connectivity index (χ1n) is 7.41.